The molecule has 0 fully saturated rings. The molecule has 0 spiro atoms. The molecular formula is C18H18O2. The van der Waals surface area contributed by atoms with Crippen LogP contribution in [0.1, 0.15) is 11.1 Å². The van der Waals surface area contributed by atoms with Gasteiger partial charge in [-0.1, -0.05) is 66.7 Å². The number of hydrogen-bond donors (Lipinski definition) is 0. The Morgan fingerprint density at radius 1 is 0.950 bits per heavy atom. The van der Waals surface area contributed by atoms with Crippen LogP contribution in [0.4, 0.5) is 0 Å². The van der Waals surface area contributed by atoms with Gasteiger partial charge in [0, 0.05) is 12.0 Å². The number of carbonyl (C=O) groups is 1. The number of esters is 1. The molecule has 0 bridgehead atoms. The Kier molecular flexibility index (Phi) is 5.13. The van der Waals surface area contributed by atoms with Gasteiger partial charge in [-0.2, -0.15) is 0 Å². The standard InChI is InChI=1S/C18H18O2/c1-20-18(19)17(14-16-10-6-3-7-11-16)13-12-15-8-4-2-5-9-15/h2-11,13H,12,14H2,1H3/b17-13-. The topological polar surface area (TPSA) is 26.3 Å². The second kappa shape index (κ2) is 7.29. The maximum Gasteiger partial charge on any atom is 0.333 e. The van der Waals surface area contributed by atoms with Crippen LogP contribution in [0.15, 0.2) is 72.3 Å². The molecule has 2 aromatic rings. The lowest BCUT2D eigenvalue weighted by atomic mass is 10.0. The summed E-state index contributed by atoms with van der Waals surface area (Å²) in [4.78, 5) is 11.8. The number of rotatable bonds is 5. The lowest BCUT2D eigenvalue weighted by Gasteiger charge is -2.06. The van der Waals surface area contributed by atoms with Crippen molar-refractivity contribution in [3.05, 3.63) is 83.4 Å². The fourth-order valence-electron chi connectivity index (χ4n) is 2.03. The Labute approximate surface area is 119 Å². The number of allylic oxidation sites excluding steroid dienone is 1. The first-order valence-electron chi connectivity index (χ1n) is 6.65. The highest BCUT2D eigenvalue weighted by atomic mass is 16.5. The number of carbonyl (C=O) groups excluding carboxylic acids is 1. The number of methoxy groups -OCH3 is 1. The van der Waals surface area contributed by atoms with Gasteiger partial charge in [-0.25, -0.2) is 4.79 Å². The lowest BCUT2D eigenvalue weighted by molar-refractivity contribution is -0.136. The number of ether oxygens (including phenoxy) is 1. The van der Waals surface area contributed by atoms with Gasteiger partial charge in [0.05, 0.1) is 7.11 Å². The summed E-state index contributed by atoms with van der Waals surface area (Å²) >= 11 is 0. The largest absolute Gasteiger partial charge is 0.466 e. The van der Waals surface area contributed by atoms with Crippen LogP contribution in [0, 0.1) is 0 Å². The first-order valence-corrected chi connectivity index (χ1v) is 6.65. The average molecular weight is 266 g/mol. The van der Waals surface area contributed by atoms with Gasteiger partial charge in [-0.05, 0) is 17.5 Å². The third-order valence-electron chi connectivity index (χ3n) is 3.11. The van der Waals surface area contributed by atoms with Crippen molar-refractivity contribution in [2.75, 3.05) is 7.11 Å². The summed E-state index contributed by atoms with van der Waals surface area (Å²) in [7, 11) is 1.42. The van der Waals surface area contributed by atoms with Gasteiger partial charge in [0.15, 0.2) is 0 Å². The third-order valence-corrected chi connectivity index (χ3v) is 3.11. The van der Waals surface area contributed by atoms with Gasteiger partial charge in [-0.3, -0.25) is 0 Å². The van der Waals surface area contributed by atoms with Crippen molar-refractivity contribution in [1.29, 1.82) is 0 Å². The zero-order valence-corrected chi connectivity index (χ0v) is 11.6. The molecule has 2 nitrogen and oxygen atoms in total. The summed E-state index contributed by atoms with van der Waals surface area (Å²) in [5.41, 5.74) is 2.99. The Morgan fingerprint density at radius 3 is 2.05 bits per heavy atom. The van der Waals surface area contributed by atoms with Crippen LogP contribution in [-0.4, -0.2) is 13.1 Å². The van der Waals surface area contributed by atoms with Gasteiger partial charge in [-0.15, -0.1) is 0 Å². The predicted molar refractivity (Wildman–Crippen MR) is 80.4 cm³/mol. The highest BCUT2D eigenvalue weighted by Gasteiger charge is 2.10. The van der Waals surface area contributed by atoms with Crippen LogP contribution >= 0.6 is 0 Å². The van der Waals surface area contributed by atoms with E-state index in [-0.39, 0.29) is 5.97 Å². The zero-order valence-electron chi connectivity index (χ0n) is 11.6. The minimum absolute atomic E-state index is 0.259. The van der Waals surface area contributed by atoms with E-state index < -0.39 is 0 Å². The third kappa shape index (κ3) is 4.09. The molecular weight excluding hydrogens is 248 g/mol. The molecule has 2 rings (SSSR count). The van der Waals surface area contributed by atoms with E-state index in [1.807, 2.05) is 66.7 Å². The monoisotopic (exact) mass is 266 g/mol. The van der Waals surface area contributed by atoms with Crippen LogP contribution in [0.2, 0.25) is 0 Å². The molecule has 102 valence electrons. The molecule has 0 N–H and O–H groups in total. The molecule has 0 atom stereocenters. The molecule has 0 saturated carbocycles. The maximum absolute atomic E-state index is 11.8. The zero-order chi connectivity index (χ0) is 14.2. The first-order chi connectivity index (χ1) is 9.79. The Balaban J connectivity index is 2.13. The van der Waals surface area contributed by atoms with Gasteiger partial charge in [0.1, 0.15) is 0 Å². The molecule has 0 aromatic heterocycles. The summed E-state index contributed by atoms with van der Waals surface area (Å²) < 4.78 is 4.87. The van der Waals surface area contributed by atoms with E-state index in [0.717, 1.165) is 12.0 Å². The molecule has 0 amide bonds. The van der Waals surface area contributed by atoms with Crippen LogP contribution in [0.5, 0.6) is 0 Å². The minimum Gasteiger partial charge on any atom is -0.466 e. The summed E-state index contributed by atoms with van der Waals surface area (Å²) in [6, 6.07) is 20.0. The molecule has 20 heavy (non-hydrogen) atoms. The van der Waals surface area contributed by atoms with E-state index in [1.165, 1.54) is 12.7 Å². The van der Waals surface area contributed by atoms with Crippen molar-refractivity contribution in [2.24, 2.45) is 0 Å². The van der Waals surface area contributed by atoms with E-state index in [1.54, 1.807) is 0 Å². The predicted octanol–water partition coefficient (Wildman–Crippen LogP) is 3.57. The average Bonchev–Trinajstić information content (AvgIpc) is 2.52. The Hall–Kier alpha value is -2.35. The van der Waals surface area contributed by atoms with E-state index >= 15 is 0 Å². The van der Waals surface area contributed by atoms with Crippen molar-refractivity contribution < 1.29 is 9.53 Å². The van der Waals surface area contributed by atoms with E-state index in [2.05, 4.69) is 0 Å². The first kappa shape index (κ1) is 14.1. The lowest BCUT2D eigenvalue weighted by Crippen LogP contribution is -2.08. The summed E-state index contributed by atoms with van der Waals surface area (Å²) in [5, 5.41) is 0. The second-order valence-electron chi connectivity index (χ2n) is 4.57. The molecule has 0 aliphatic rings. The Morgan fingerprint density at radius 2 is 1.50 bits per heavy atom. The normalized spacial score (nSPS) is 11.2. The fourth-order valence-corrected chi connectivity index (χ4v) is 2.03. The maximum atomic E-state index is 11.8. The van der Waals surface area contributed by atoms with E-state index in [9.17, 15) is 4.79 Å². The summed E-state index contributed by atoms with van der Waals surface area (Å²) in [6.45, 7) is 0. The Bertz CT molecular complexity index is 571. The molecule has 2 aromatic carbocycles. The molecule has 0 aliphatic heterocycles. The summed E-state index contributed by atoms with van der Waals surface area (Å²) in [5.74, 6) is -0.259. The number of hydrogen-bond acceptors (Lipinski definition) is 2. The highest BCUT2D eigenvalue weighted by Crippen LogP contribution is 2.11. The van der Waals surface area contributed by atoms with Crippen LogP contribution in [0.3, 0.4) is 0 Å². The highest BCUT2D eigenvalue weighted by molar-refractivity contribution is 5.88. The number of benzene rings is 2. The smallest absolute Gasteiger partial charge is 0.333 e. The van der Waals surface area contributed by atoms with Crippen molar-refractivity contribution >= 4 is 5.97 Å². The van der Waals surface area contributed by atoms with Crippen molar-refractivity contribution in [1.82, 2.24) is 0 Å². The SMILES string of the molecule is COC(=O)/C(=C\Cc1ccccc1)Cc1ccccc1. The van der Waals surface area contributed by atoms with Gasteiger partial charge < -0.3 is 4.74 Å². The van der Waals surface area contributed by atoms with Crippen molar-refractivity contribution in [2.45, 2.75) is 12.8 Å². The van der Waals surface area contributed by atoms with Crippen LogP contribution < -0.4 is 0 Å². The van der Waals surface area contributed by atoms with Crippen molar-refractivity contribution in [3.8, 4) is 0 Å². The molecule has 0 aliphatic carbocycles. The molecule has 2 heteroatoms. The van der Waals surface area contributed by atoms with Crippen LogP contribution in [-0.2, 0) is 22.4 Å². The quantitative estimate of drug-likeness (QED) is 0.611. The van der Waals surface area contributed by atoms with Gasteiger partial charge in [0.25, 0.3) is 0 Å². The van der Waals surface area contributed by atoms with E-state index in [4.69, 9.17) is 4.74 Å². The summed E-state index contributed by atoms with van der Waals surface area (Å²) in [6.07, 6.45) is 3.28. The van der Waals surface area contributed by atoms with E-state index in [0.29, 0.717) is 12.0 Å². The van der Waals surface area contributed by atoms with Crippen molar-refractivity contribution in [3.63, 3.8) is 0 Å². The van der Waals surface area contributed by atoms with Crippen LogP contribution in [0.25, 0.3) is 0 Å². The van der Waals surface area contributed by atoms with Gasteiger partial charge >= 0.3 is 5.97 Å². The van der Waals surface area contributed by atoms with Gasteiger partial charge in [0.2, 0.25) is 0 Å². The molecule has 0 unspecified atom stereocenters. The molecule has 0 saturated heterocycles. The molecule has 0 radical (unpaired) electrons. The minimum atomic E-state index is -0.259. The second-order valence-corrected chi connectivity index (χ2v) is 4.57. The molecule has 0 heterocycles. The fraction of sp³-hybridized carbons (Fsp3) is 0.167.